The summed E-state index contributed by atoms with van der Waals surface area (Å²) in [6, 6.07) is 0. The molecule has 1 N–H and O–H groups in total. The highest BCUT2D eigenvalue weighted by molar-refractivity contribution is 5.99. The molecule has 0 bridgehead atoms. The molecule has 1 saturated heterocycles. The largest absolute Gasteiger partial charge is 0.504 e. The normalized spacial score (nSPS) is 30.3. The Morgan fingerprint density at radius 1 is 1.19 bits per heavy atom. The first-order chi connectivity index (χ1) is 12.7. The molecule has 1 saturated carbocycles. The SMILES string of the molecule is CCCCCCC(C)(C)C1C=C2OC(C)(C)[C@@H]3CCCC[C@H]3C2=C(O)C1=O. The van der Waals surface area contributed by atoms with Crippen LogP contribution in [0.2, 0.25) is 0 Å². The highest BCUT2D eigenvalue weighted by Crippen LogP contribution is 2.53. The summed E-state index contributed by atoms with van der Waals surface area (Å²) in [4.78, 5) is 13.1. The van der Waals surface area contributed by atoms with Gasteiger partial charge in [-0.2, -0.15) is 0 Å². The molecule has 3 nitrogen and oxygen atoms in total. The van der Waals surface area contributed by atoms with Crippen molar-refractivity contribution in [1.29, 1.82) is 0 Å². The minimum absolute atomic E-state index is 0.00784. The van der Waals surface area contributed by atoms with Gasteiger partial charge in [0.2, 0.25) is 5.78 Å². The maximum Gasteiger partial charge on any atom is 0.205 e. The molecule has 0 amide bonds. The van der Waals surface area contributed by atoms with Gasteiger partial charge in [0.1, 0.15) is 11.4 Å². The van der Waals surface area contributed by atoms with Gasteiger partial charge in [-0.15, -0.1) is 0 Å². The third-order valence-corrected chi connectivity index (χ3v) is 7.27. The fraction of sp³-hybridized carbons (Fsp3) is 0.792. The van der Waals surface area contributed by atoms with Crippen LogP contribution in [0.4, 0.5) is 0 Å². The fourth-order valence-electron chi connectivity index (χ4n) is 5.57. The van der Waals surface area contributed by atoms with Gasteiger partial charge in [-0.25, -0.2) is 0 Å². The van der Waals surface area contributed by atoms with Crippen LogP contribution in [0.1, 0.15) is 92.4 Å². The molecule has 1 aliphatic heterocycles. The monoisotopic (exact) mass is 374 g/mol. The second kappa shape index (κ2) is 7.64. The van der Waals surface area contributed by atoms with Crippen LogP contribution in [0.5, 0.6) is 0 Å². The first-order valence-corrected chi connectivity index (χ1v) is 11.1. The van der Waals surface area contributed by atoms with E-state index in [2.05, 4.69) is 34.6 Å². The number of carbonyl (C=O) groups excluding carboxylic acids is 1. The van der Waals surface area contributed by atoms with E-state index in [4.69, 9.17) is 4.74 Å². The first kappa shape index (κ1) is 20.5. The van der Waals surface area contributed by atoms with Crippen LogP contribution < -0.4 is 0 Å². The van der Waals surface area contributed by atoms with Crippen molar-refractivity contribution in [1.82, 2.24) is 0 Å². The van der Waals surface area contributed by atoms with Crippen LogP contribution in [0.15, 0.2) is 23.2 Å². The van der Waals surface area contributed by atoms with Crippen LogP contribution in [0.25, 0.3) is 0 Å². The fourth-order valence-corrected chi connectivity index (χ4v) is 5.57. The summed E-state index contributed by atoms with van der Waals surface area (Å²) in [5, 5.41) is 10.9. The molecule has 0 aromatic rings. The first-order valence-electron chi connectivity index (χ1n) is 11.1. The van der Waals surface area contributed by atoms with Crippen LogP contribution in [-0.2, 0) is 9.53 Å². The number of aliphatic hydroxyl groups excluding tert-OH is 1. The number of hydrogen-bond acceptors (Lipinski definition) is 3. The number of allylic oxidation sites excluding steroid dienone is 3. The van der Waals surface area contributed by atoms with Crippen LogP contribution >= 0.6 is 0 Å². The summed E-state index contributed by atoms with van der Waals surface area (Å²) in [7, 11) is 0. The molecule has 3 aliphatic rings. The Balaban J connectivity index is 1.87. The molecule has 27 heavy (non-hydrogen) atoms. The molecular formula is C24H38O3. The zero-order valence-corrected chi connectivity index (χ0v) is 17.9. The van der Waals surface area contributed by atoms with E-state index in [1.54, 1.807) is 0 Å². The molecule has 0 aromatic heterocycles. The zero-order valence-electron chi connectivity index (χ0n) is 17.9. The average molecular weight is 375 g/mol. The van der Waals surface area contributed by atoms with E-state index < -0.39 is 0 Å². The van der Waals surface area contributed by atoms with Crippen molar-refractivity contribution < 1.29 is 14.6 Å². The maximum atomic E-state index is 13.1. The van der Waals surface area contributed by atoms with E-state index in [-0.39, 0.29) is 34.4 Å². The Morgan fingerprint density at radius 3 is 2.59 bits per heavy atom. The standard InChI is InChI=1S/C24H38O3/c1-6-7-8-11-14-23(2,3)18-15-19-20(22(26)21(18)25)16-12-9-10-13-17(16)24(4,5)27-19/h15-18,26H,6-14H2,1-5H3/t16-,17-,18?/m1/s1. The lowest BCUT2D eigenvalue weighted by Crippen LogP contribution is -2.48. The van der Waals surface area contributed by atoms with Crippen LogP contribution in [0.3, 0.4) is 0 Å². The van der Waals surface area contributed by atoms with Crippen molar-refractivity contribution >= 4 is 5.78 Å². The number of carbonyl (C=O) groups is 1. The second-order valence-electron chi connectivity index (χ2n) is 10.1. The van der Waals surface area contributed by atoms with E-state index in [1.165, 1.54) is 32.1 Å². The van der Waals surface area contributed by atoms with Gasteiger partial charge in [0, 0.05) is 11.5 Å². The summed E-state index contributed by atoms with van der Waals surface area (Å²) in [6.45, 7) is 10.9. The highest BCUT2D eigenvalue weighted by atomic mass is 16.5. The number of fused-ring (bicyclic) bond motifs is 3. The van der Waals surface area contributed by atoms with E-state index in [1.807, 2.05) is 6.08 Å². The van der Waals surface area contributed by atoms with Crippen molar-refractivity contribution in [2.45, 2.75) is 98.0 Å². The third kappa shape index (κ3) is 3.84. The van der Waals surface area contributed by atoms with E-state index in [0.717, 1.165) is 37.0 Å². The summed E-state index contributed by atoms with van der Waals surface area (Å²) in [5.41, 5.74) is 0.396. The molecule has 0 radical (unpaired) electrons. The number of aliphatic hydroxyl groups is 1. The van der Waals surface area contributed by atoms with Crippen LogP contribution in [-0.4, -0.2) is 16.5 Å². The Morgan fingerprint density at radius 2 is 1.89 bits per heavy atom. The number of unbranched alkanes of at least 4 members (excludes halogenated alkanes) is 3. The van der Waals surface area contributed by atoms with Gasteiger partial charge in [0.15, 0.2) is 5.76 Å². The summed E-state index contributed by atoms with van der Waals surface area (Å²) in [5.74, 6) is 1.02. The quantitative estimate of drug-likeness (QED) is 0.540. The molecule has 0 spiro atoms. The Hall–Kier alpha value is -1.25. The van der Waals surface area contributed by atoms with Gasteiger partial charge in [-0.05, 0) is 50.5 Å². The summed E-state index contributed by atoms with van der Waals surface area (Å²) in [6.07, 6.45) is 12.4. The molecule has 3 rings (SSSR count). The lowest BCUT2D eigenvalue weighted by Gasteiger charge is -2.50. The molecule has 0 aromatic carbocycles. The van der Waals surface area contributed by atoms with Gasteiger partial charge in [0.25, 0.3) is 0 Å². The van der Waals surface area contributed by atoms with Gasteiger partial charge in [-0.3, -0.25) is 4.79 Å². The molecule has 2 fully saturated rings. The Kier molecular flexibility index (Phi) is 5.80. The number of ketones is 1. The minimum Gasteiger partial charge on any atom is -0.504 e. The number of rotatable bonds is 6. The van der Waals surface area contributed by atoms with Crippen molar-refractivity contribution in [2.24, 2.45) is 23.2 Å². The van der Waals surface area contributed by atoms with Crippen molar-refractivity contribution in [2.75, 3.05) is 0 Å². The molecule has 1 unspecified atom stereocenters. The summed E-state index contributed by atoms with van der Waals surface area (Å²) >= 11 is 0. The predicted molar refractivity (Wildman–Crippen MR) is 109 cm³/mol. The lowest BCUT2D eigenvalue weighted by molar-refractivity contribution is -0.126. The van der Waals surface area contributed by atoms with Gasteiger partial charge in [-0.1, -0.05) is 59.3 Å². The topological polar surface area (TPSA) is 46.5 Å². The smallest absolute Gasteiger partial charge is 0.205 e. The van der Waals surface area contributed by atoms with E-state index in [0.29, 0.717) is 5.92 Å². The van der Waals surface area contributed by atoms with Crippen LogP contribution in [0, 0.1) is 23.2 Å². The predicted octanol–water partition coefficient (Wildman–Crippen LogP) is 6.49. The molecule has 152 valence electrons. The Bertz CT molecular complexity index is 638. The molecular weight excluding hydrogens is 336 g/mol. The zero-order chi connectivity index (χ0) is 19.8. The molecule has 3 heteroatoms. The molecule has 1 heterocycles. The average Bonchev–Trinajstić information content (AvgIpc) is 2.61. The van der Waals surface area contributed by atoms with E-state index in [9.17, 15) is 9.90 Å². The lowest BCUT2D eigenvalue weighted by atomic mass is 9.63. The van der Waals surface area contributed by atoms with Gasteiger partial charge in [0.05, 0.1) is 5.92 Å². The molecule has 3 atom stereocenters. The van der Waals surface area contributed by atoms with Gasteiger partial charge >= 0.3 is 0 Å². The van der Waals surface area contributed by atoms with Gasteiger partial charge < -0.3 is 9.84 Å². The maximum absolute atomic E-state index is 13.1. The summed E-state index contributed by atoms with van der Waals surface area (Å²) < 4.78 is 6.43. The van der Waals surface area contributed by atoms with E-state index >= 15 is 0 Å². The number of hydrogen-bond donors (Lipinski definition) is 1. The van der Waals surface area contributed by atoms with Crippen molar-refractivity contribution in [3.63, 3.8) is 0 Å². The number of Topliss-reactive ketones (excluding diaryl/α,β-unsaturated/α-hetero) is 1. The molecule has 2 aliphatic carbocycles. The van der Waals surface area contributed by atoms with Crippen molar-refractivity contribution in [3.05, 3.63) is 23.2 Å². The minimum atomic E-state index is -0.297. The second-order valence-corrected chi connectivity index (χ2v) is 10.1. The third-order valence-electron chi connectivity index (χ3n) is 7.27. The highest BCUT2D eigenvalue weighted by Gasteiger charge is 2.51. The van der Waals surface area contributed by atoms with Crippen molar-refractivity contribution in [3.8, 4) is 0 Å². The Labute approximate surface area is 165 Å². The number of ether oxygens (including phenoxy) is 1.